The number of benzene rings is 16. The van der Waals surface area contributed by atoms with Crippen molar-refractivity contribution < 1.29 is 4.42 Å². The number of rotatable bonds is 11. The lowest BCUT2D eigenvalue weighted by atomic mass is 9.67. The van der Waals surface area contributed by atoms with Crippen molar-refractivity contribution in [2.24, 2.45) is 0 Å². The lowest BCUT2D eigenvalue weighted by Gasteiger charge is -2.33. The first-order valence-electron chi connectivity index (χ1n) is 37.2. The van der Waals surface area contributed by atoms with Crippen molar-refractivity contribution >= 4 is 64.2 Å². The standard InChI is InChI=1S/C52H33N3O.C50H31N3S/c1-4-16-34(17-5-1)36-20-14-21-37(32-36)50-53-49(35-18-6-2-7-19-35)54-51(55-50)42-26-15-29-47-48(42)43-33-39(30-31-46(43)56-47)52(38-22-8-3-9-23-38)44-27-12-10-24-40(44)41-25-11-13-28-45(41)52;1-3-15-33(16-4-1)47-51-48(35-27-26-32-14-7-8-17-34(32)30-35)53-49(52-47)41-22-13-25-44-46(41)40-29-28-37(31-45(40)54-44)50(36-18-5-2-6-19-36)42-23-11-9-20-38(42)39-21-10-12-24-43(39)50/h1-33H;1-31H. The normalized spacial score (nSPS) is 12.9. The zero-order valence-corrected chi connectivity index (χ0v) is 60.3. The monoisotopic (exact) mass is 1420 g/mol. The largest absolute Gasteiger partial charge is 0.456 e. The van der Waals surface area contributed by atoms with Crippen molar-refractivity contribution in [3.8, 4) is 102 Å². The molecule has 0 aliphatic heterocycles. The van der Waals surface area contributed by atoms with Gasteiger partial charge >= 0.3 is 0 Å². The molecule has 22 rings (SSSR count). The van der Waals surface area contributed by atoms with Gasteiger partial charge in [-0.25, -0.2) is 29.9 Å². The second-order valence-electron chi connectivity index (χ2n) is 28.3. The van der Waals surface area contributed by atoms with Crippen LogP contribution in [0.2, 0.25) is 0 Å². The second-order valence-corrected chi connectivity index (χ2v) is 29.3. The zero-order valence-electron chi connectivity index (χ0n) is 59.5. The highest BCUT2D eigenvalue weighted by Gasteiger charge is 2.48. The van der Waals surface area contributed by atoms with E-state index in [1.165, 1.54) is 92.3 Å². The quantitative estimate of drug-likeness (QED) is 0.127. The Morgan fingerprint density at radius 3 is 1.16 bits per heavy atom. The summed E-state index contributed by atoms with van der Waals surface area (Å²) in [6.07, 6.45) is 0. The van der Waals surface area contributed by atoms with Gasteiger partial charge in [-0.3, -0.25) is 0 Å². The van der Waals surface area contributed by atoms with Crippen LogP contribution in [0.25, 0.3) is 155 Å². The third-order valence-corrected chi connectivity index (χ3v) is 23.3. The smallest absolute Gasteiger partial charge is 0.164 e. The molecule has 0 fully saturated rings. The van der Waals surface area contributed by atoms with E-state index < -0.39 is 10.8 Å². The SMILES string of the molecule is c1ccc(-c2cccc(-c3nc(-c4ccccc4)nc(-c4cccc5oc6ccc(C7(c8ccccc8)c8ccccc8-c8ccccc87)cc6c45)n3)c2)cc1.c1ccc(-c2nc(-c3ccc4ccccc4c3)nc(-c3cccc4sc5cc(C6(c7ccccc7)c7ccccc7-c7ccccc76)ccc5c34)n2)cc1. The van der Waals surface area contributed by atoms with Gasteiger partial charge in [-0.2, -0.15) is 0 Å². The summed E-state index contributed by atoms with van der Waals surface area (Å²) in [5.41, 5.74) is 23.7. The second kappa shape index (κ2) is 26.4. The molecule has 0 N–H and O–H groups in total. The predicted molar refractivity (Wildman–Crippen MR) is 450 cm³/mol. The maximum atomic E-state index is 6.63. The summed E-state index contributed by atoms with van der Waals surface area (Å²) >= 11 is 1.83. The minimum absolute atomic E-state index is 0.449. The van der Waals surface area contributed by atoms with E-state index in [1.54, 1.807) is 0 Å². The van der Waals surface area contributed by atoms with Crippen LogP contribution >= 0.6 is 11.3 Å². The maximum absolute atomic E-state index is 6.63. The van der Waals surface area contributed by atoms with E-state index in [0.29, 0.717) is 34.9 Å². The Bertz CT molecular complexity index is 6890. The molecule has 0 unspecified atom stereocenters. The molecule has 4 aromatic heterocycles. The van der Waals surface area contributed by atoms with Gasteiger partial charge in [0, 0.05) is 64.3 Å². The van der Waals surface area contributed by atoms with E-state index in [4.69, 9.17) is 34.3 Å². The summed E-state index contributed by atoms with van der Waals surface area (Å²) in [7, 11) is 0. The summed E-state index contributed by atoms with van der Waals surface area (Å²) in [6.45, 7) is 0. The van der Waals surface area contributed by atoms with Crippen LogP contribution in [0.5, 0.6) is 0 Å². The Kier molecular flexibility index (Phi) is 15.4. The number of aromatic nitrogens is 6. The number of thiophene rings is 1. The molecular formula is C102H64N6OS. The van der Waals surface area contributed by atoms with Crippen molar-refractivity contribution in [1.82, 2.24) is 29.9 Å². The van der Waals surface area contributed by atoms with Gasteiger partial charge < -0.3 is 4.42 Å². The summed E-state index contributed by atoms with van der Waals surface area (Å²) in [6, 6.07) is 138. The Hall–Kier alpha value is -14.2. The van der Waals surface area contributed by atoms with Crippen LogP contribution in [0, 0.1) is 0 Å². The molecule has 2 aliphatic carbocycles. The summed E-state index contributed by atoms with van der Waals surface area (Å²) in [4.78, 5) is 30.9. The van der Waals surface area contributed by atoms with Crippen LogP contribution in [0.4, 0.5) is 0 Å². The lowest BCUT2D eigenvalue weighted by Crippen LogP contribution is -2.28. The number of hydrogen-bond donors (Lipinski definition) is 0. The molecule has 16 aromatic carbocycles. The van der Waals surface area contributed by atoms with E-state index in [-0.39, 0.29) is 0 Å². The van der Waals surface area contributed by atoms with Gasteiger partial charge in [0.05, 0.1) is 10.8 Å². The van der Waals surface area contributed by atoms with Crippen LogP contribution in [0.15, 0.2) is 393 Å². The van der Waals surface area contributed by atoms with Gasteiger partial charge in [-0.1, -0.05) is 346 Å². The summed E-state index contributed by atoms with van der Waals surface area (Å²) in [5, 5.41) is 6.69. The van der Waals surface area contributed by atoms with Crippen molar-refractivity contribution in [3.05, 3.63) is 433 Å². The Balaban J connectivity index is 0.000000140. The van der Waals surface area contributed by atoms with Crippen LogP contribution in [-0.4, -0.2) is 29.9 Å². The highest BCUT2D eigenvalue weighted by atomic mass is 32.1. The fourth-order valence-corrected chi connectivity index (χ4v) is 18.6. The zero-order chi connectivity index (χ0) is 72.7. The molecule has 0 radical (unpaired) electrons. The fraction of sp³-hybridized carbons (Fsp3) is 0.0196. The number of hydrogen-bond acceptors (Lipinski definition) is 8. The van der Waals surface area contributed by atoms with Gasteiger partial charge in [0.25, 0.3) is 0 Å². The molecule has 0 saturated heterocycles. The lowest BCUT2D eigenvalue weighted by molar-refractivity contribution is 0.668. The molecule has 4 heterocycles. The first-order valence-corrected chi connectivity index (χ1v) is 38.0. The maximum Gasteiger partial charge on any atom is 0.164 e. The van der Waals surface area contributed by atoms with Crippen LogP contribution < -0.4 is 0 Å². The first-order chi connectivity index (χ1) is 54.5. The third kappa shape index (κ3) is 10.5. The van der Waals surface area contributed by atoms with Crippen LogP contribution in [0.1, 0.15) is 44.5 Å². The minimum atomic E-state index is -0.536. The first kappa shape index (κ1) is 64.2. The van der Waals surface area contributed by atoms with Gasteiger partial charge in [-0.05, 0) is 131 Å². The molecule has 7 nitrogen and oxygen atoms in total. The summed E-state index contributed by atoms with van der Waals surface area (Å²) in [5.74, 6) is 3.80. The van der Waals surface area contributed by atoms with Crippen LogP contribution in [-0.2, 0) is 10.8 Å². The third-order valence-electron chi connectivity index (χ3n) is 22.2. The molecule has 0 saturated carbocycles. The molecule has 0 atom stereocenters. The molecule has 0 spiro atoms. The van der Waals surface area contributed by atoms with E-state index in [9.17, 15) is 0 Å². The molecule has 514 valence electrons. The highest BCUT2D eigenvalue weighted by Crippen LogP contribution is 2.59. The van der Waals surface area contributed by atoms with E-state index in [2.05, 4.69) is 322 Å². The van der Waals surface area contributed by atoms with Crippen molar-refractivity contribution in [2.45, 2.75) is 10.8 Å². The van der Waals surface area contributed by atoms with Crippen LogP contribution in [0.3, 0.4) is 0 Å². The van der Waals surface area contributed by atoms with Crippen molar-refractivity contribution in [1.29, 1.82) is 0 Å². The Morgan fingerprint density at radius 1 is 0.209 bits per heavy atom. The molecule has 20 aromatic rings. The minimum Gasteiger partial charge on any atom is -0.456 e. The van der Waals surface area contributed by atoms with Crippen molar-refractivity contribution in [3.63, 3.8) is 0 Å². The predicted octanol–water partition coefficient (Wildman–Crippen LogP) is 25.6. The number of nitrogens with zero attached hydrogens (tertiary/aromatic N) is 6. The van der Waals surface area contributed by atoms with E-state index in [1.807, 2.05) is 78.1 Å². The molecule has 2 aliphatic rings. The highest BCUT2D eigenvalue weighted by molar-refractivity contribution is 7.26. The molecule has 0 bridgehead atoms. The average Bonchev–Trinajstić information content (AvgIpc) is 1.53. The molecule has 0 amide bonds. The number of fused-ring (bicyclic) bond motifs is 13. The molecule has 8 heteroatoms. The average molecular weight is 1420 g/mol. The van der Waals surface area contributed by atoms with E-state index in [0.717, 1.165) is 71.8 Å². The van der Waals surface area contributed by atoms with Gasteiger partial charge in [0.2, 0.25) is 0 Å². The topological polar surface area (TPSA) is 90.5 Å². The van der Waals surface area contributed by atoms with Crippen molar-refractivity contribution in [2.75, 3.05) is 0 Å². The van der Waals surface area contributed by atoms with Gasteiger partial charge in [-0.15, -0.1) is 11.3 Å². The van der Waals surface area contributed by atoms with Gasteiger partial charge in [0.1, 0.15) is 11.2 Å². The number of furan rings is 1. The van der Waals surface area contributed by atoms with Gasteiger partial charge in [0.15, 0.2) is 34.9 Å². The molecule has 110 heavy (non-hydrogen) atoms. The Morgan fingerprint density at radius 2 is 0.609 bits per heavy atom. The summed E-state index contributed by atoms with van der Waals surface area (Å²) < 4.78 is 9.07. The Labute approximate surface area is 639 Å². The fourth-order valence-electron chi connectivity index (χ4n) is 17.4. The molecular weight excluding hydrogens is 1360 g/mol. The van der Waals surface area contributed by atoms with E-state index >= 15 is 0 Å².